The van der Waals surface area contributed by atoms with Crippen molar-refractivity contribution in [1.29, 1.82) is 0 Å². The predicted octanol–water partition coefficient (Wildman–Crippen LogP) is 0.811. The van der Waals surface area contributed by atoms with Gasteiger partial charge in [0.1, 0.15) is 15.6 Å². The fraction of sp³-hybridized carbons (Fsp3) is 0.500. The lowest BCUT2D eigenvalue weighted by Gasteiger charge is -2.10. The number of aromatic nitrogens is 1. The molecule has 0 saturated heterocycles. The first kappa shape index (κ1) is 17.0. The van der Waals surface area contributed by atoms with E-state index in [1.165, 1.54) is 18.3 Å². The third kappa shape index (κ3) is 5.12. The molecule has 0 spiro atoms. The van der Waals surface area contributed by atoms with Crippen LogP contribution in [0.5, 0.6) is 0 Å². The first-order chi connectivity index (χ1) is 9.49. The van der Waals surface area contributed by atoms with Gasteiger partial charge in [-0.15, -0.1) is 0 Å². The highest BCUT2D eigenvalue weighted by molar-refractivity contribution is 7.89. The minimum absolute atomic E-state index is 0.0129. The van der Waals surface area contributed by atoms with Crippen molar-refractivity contribution < 1.29 is 13.2 Å². The summed E-state index contributed by atoms with van der Waals surface area (Å²) in [5.41, 5.74) is 5.57. The molecule has 0 aliphatic carbocycles. The van der Waals surface area contributed by atoms with Crippen LogP contribution in [0.15, 0.2) is 23.2 Å². The van der Waals surface area contributed by atoms with Gasteiger partial charge in [0.2, 0.25) is 10.0 Å². The summed E-state index contributed by atoms with van der Waals surface area (Å²) in [7, 11) is -3.69. The van der Waals surface area contributed by atoms with Crippen LogP contribution in [0, 0.1) is 0 Å². The molecule has 3 N–H and O–H groups in total. The summed E-state index contributed by atoms with van der Waals surface area (Å²) in [6, 6.07) is 2.94. The van der Waals surface area contributed by atoms with Crippen molar-refractivity contribution in [3.8, 4) is 0 Å². The van der Waals surface area contributed by atoms with Crippen molar-refractivity contribution in [3.63, 3.8) is 0 Å². The number of nitrogens with one attached hydrogen (secondary N) is 1. The standard InChI is InChI=1S/C12H19N3O3S2/c1-2-3-8-18-9-7-15-20(16,17)10-5-4-6-14-11(10)12(13)19/h4-6,15H,2-3,7-9H2,1H3,(H2,13,19). The van der Waals surface area contributed by atoms with Gasteiger partial charge in [-0.05, 0) is 18.6 Å². The summed E-state index contributed by atoms with van der Waals surface area (Å²) in [5, 5.41) is 0. The molecule has 0 unspecified atom stereocenters. The van der Waals surface area contributed by atoms with Crippen molar-refractivity contribution in [2.45, 2.75) is 24.7 Å². The van der Waals surface area contributed by atoms with Crippen LogP contribution < -0.4 is 10.5 Å². The van der Waals surface area contributed by atoms with E-state index in [9.17, 15) is 8.42 Å². The van der Waals surface area contributed by atoms with Gasteiger partial charge in [0.25, 0.3) is 0 Å². The monoisotopic (exact) mass is 317 g/mol. The Hall–Kier alpha value is -1.09. The molecule has 8 heteroatoms. The number of unbranched alkanes of at least 4 members (excludes halogenated alkanes) is 1. The van der Waals surface area contributed by atoms with E-state index in [1.807, 2.05) is 0 Å². The van der Waals surface area contributed by atoms with Crippen molar-refractivity contribution in [2.75, 3.05) is 19.8 Å². The van der Waals surface area contributed by atoms with Gasteiger partial charge in [0, 0.05) is 19.3 Å². The zero-order valence-electron chi connectivity index (χ0n) is 11.3. The Morgan fingerprint density at radius 1 is 1.50 bits per heavy atom. The Bertz CT molecular complexity index is 547. The Morgan fingerprint density at radius 3 is 2.90 bits per heavy atom. The van der Waals surface area contributed by atoms with E-state index in [-0.39, 0.29) is 22.1 Å². The third-order valence-electron chi connectivity index (χ3n) is 2.47. The molecule has 1 heterocycles. The SMILES string of the molecule is CCCCOCCNS(=O)(=O)c1cccnc1C(N)=S. The van der Waals surface area contributed by atoms with E-state index in [4.69, 9.17) is 22.7 Å². The number of hydrogen-bond acceptors (Lipinski definition) is 5. The summed E-state index contributed by atoms with van der Waals surface area (Å²) < 4.78 is 32.0. The molecule has 0 atom stereocenters. The molecule has 0 bridgehead atoms. The second-order valence-electron chi connectivity index (χ2n) is 4.08. The van der Waals surface area contributed by atoms with E-state index in [0.717, 1.165) is 12.8 Å². The van der Waals surface area contributed by atoms with Crippen molar-refractivity contribution in [1.82, 2.24) is 9.71 Å². The maximum Gasteiger partial charge on any atom is 0.242 e. The highest BCUT2D eigenvalue weighted by Crippen LogP contribution is 2.12. The van der Waals surface area contributed by atoms with Gasteiger partial charge in [-0.1, -0.05) is 25.6 Å². The van der Waals surface area contributed by atoms with Crippen molar-refractivity contribution in [3.05, 3.63) is 24.0 Å². The van der Waals surface area contributed by atoms with E-state index < -0.39 is 10.0 Å². The van der Waals surface area contributed by atoms with Crippen LogP contribution in [-0.2, 0) is 14.8 Å². The van der Waals surface area contributed by atoms with Crippen LogP contribution >= 0.6 is 12.2 Å². The number of nitrogens with two attached hydrogens (primary N) is 1. The van der Waals surface area contributed by atoms with Gasteiger partial charge in [0.15, 0.2) is 0 Å². The molecule has 1 rings (SSSR count). The molecular weight excluding hydrogens is 298 g/mol. The maximum atomic E-state index is 12.1. The van der Waals surface area contributed by atoms with Crippen molar-refractivity contribution in [2.24, 2.45) is 5.73 Å². The number of nitrogens with zero attached hydrogens (tertiary/aromatic N) is 1. The molecule has 112 valence electrons. The lowest BCUT2D eigenvalue weighted by molar-refractivity contribution is 0.136. The number of sulfonamides is 1. The summed E-state index contributed by atoms with van der Waals surface area (Å²) in [4.78, 5) is 3.83. The number of ether oxygens (including phenoxy) is 1. The fourth-order valence-corrected chi connectivity index (χ4v) is 2.88. The number of thiocarbonyl (C=S) groups is 1. The predicted molar refractivity (Wildman–Crippen MR) is 81.0 cm³/mol. The average Bonchev–Trinajstić information content (AvgIpc) is 2.42. The second kappa shape index (κ2) is 8.25. The van der Waals surface area contributed by atoms with E-state index in [1.54, 1.807) is 0 Å². The molecular formula is C12H19N3O3S2. The van der Waals surface area contributed by atoms with E-state index >= 15 is 0 Å². The van der Waals surface area contributed by atoms with Gasteiger partial charge in [-0.25, -0.2) is 13.1 Å². The van der Waals surface area contributed by atoms with E-state index in [2.05, 4.69) is 16.6 Å². The zero-order chi connectivity index (χ0) is 15.0. The fourth-order valence-electron chi connectivity index (χ4n) is 1.47. The van der Waals surface area contributed by atoms with Crippen LogP contribution in [-0.4, -0.2) is 38.1 Å². The van der Waals surface area contributed by atoms with Gasteiger partial charge >= 0.3 is 0 Å². The number of rotatable bonds is 9. The molecule has 20 heavy (non-hydrogen) atoms. The normalized spacial score (nSPS) is 11.4. The highest BCUT2D eigenvalue weighted by atomic mass is 32.2. The van der Waals surface area contributed by atoms with Crippen LogP contribution in [0.25, 0.3) is 0 Å². The Balaban J connectivity index is 2.63. The van der Waals surface area contributed by atoms with Gasteiger partial charge < -0.3 is 10.5 Å². The molecule has 0 aliphatic heterocycles. The zero-order valence-corrected chi connectivity index (χ0v) is 13.0. The van der Waals surface area contributed by atoms with Crippen LogP contribution in [0.4, 0.5) is 0 Å². The quantitative estimate of drug-likeness (QED) is 0.517. The van der Waals surface area contributed by atoms with Gasteiger partial charge in [-0.2, -0.15) is 0 Å². The Kier molecular flexibility index (Phi) is 7.00. The smallest absolute Gasteiger partial charge is 0.242 e. The van der Waals surface area contributed by atoms with Gasteiger partial charge in [-0.3, -0.25) is 4.98 Å². The summed E-state index contributed by atoms with van der Waals surface area (Å²) in [6.45, 7) is 3.20. The number of hydrogen-bond donors (Lipinski definition) is 2. The average molecular weight is 317 g/mol. The highest BCUT2D eigenvalue weighted by Gasteiger charge is 2.19. The molecule has 0 radical (unpaired) electrons. The number of pyridine rings is 1. The molecule has 0 saturated carbocycles. The summed E-state index contributed by atoms with van der Waals surface area (Å²) >= 11 is 4.80. The Labute approximate surface area is 124 Å². The minimum Gasteiger partial charge on any atom is -0.388 e. The van der Waals surface area contributed by atoms with Gasteiger partial charge in [0.05, 0.1) is 6.61 Å². The summed E-state index contributed by atoms with van der Waals surface area (Å²) in [5.74, 6) is 0. The molecule has 1 aromatic rings. The molecule has 0 fully saturated rings. The maximum absolute atomic E-state index is 12.1. The molecule has 0 aromatic carbocycles. The summed E-state index contributed by atoms with van der Waals surface area (Å²) in [6.07, 6.45) is 3.45. The largest absolute Gasteiger partial charge is 0.388 e. The molecule has 0 amide bonds. The lowest BCUT2D eigenvalue weighted by Crippen LogP contribution is -2.30. The first-order valence-corrected chi connectivity index (χ1v) is 8.20. The van der Waals surface area contributed by atoms with Crippen LogP contribution in [0.2, 0.25) is 0 Å². The van der Waals surface area contributed by atoms with Crippen LogP contribution in [0.3, 0.4) is 0 Å². The first-order valence-electron chi connectivity index (χ1n) is 6.31. The molecule has 0 aliphatic rings. The second-order valence-corrected chi connectivity index (χ2v) is 6.25. The molecule has 1 aromatic heterocycles. The van der Waals surface area contributed by atoms with Crippen LogP contribution in [0.1, 0.15) is 25.5 Å². The minimum atomic E-state index is -3.69. The van der Waals surface area contributed by atoms with Crippen molar-refractivity contribution >= 4 is 27.2 Å². The molecule has 6 nitrogen and oxygen atoms in total. The third-order valence-corrected chi connectivity index (χ3v) is 4.16. The topological polar surface area (TPSA) is 94.3 Å². The lowest BCUT2D eigenvalue weighted by atomic mass is 10.3. The van der Waals surface area contributed by atoms with E-state index in [0.29, 0.717) is 13.2 Å². The Morgan fingerprint density at radius 2 is 2.25 bits per heavy atom.